The molecular formula is C19H23FN3O5+. The number of halogens is 1. The Hall–Kier alpha value is -3.20. The van der Waals surface area contributed by atoms with E-state index in [1.54, 1.807) is 19.1 Å². The molecule has 150 valence electrons. The van der Waals surface area contributed by atoms with Gasteiger partial charge in [0.05, 0.1) is 26.2 Å². The molecule has 1 unspecified atom stereocenters. The number of nitro benzene ring substituents is 1. The molecule has 28 heavy (non-hydrogen) atoms. The number of carbonyl (C=O) groups excluding carboxylic acids is 1. The molecule has 0 aliphatic heterocycles. The molecule has 0 saturated carbocycles. The van der Waals surface area contributed by atoms with Gasteiger partial charge in [0.2, 0.25) is 0 Å². The third-order valence-corrected chi connectivity index (χ3v) is 4.18. The topological polar surface area (TPSA) is 95.1 Å². The normalized spacial score (nSPS) is 11.6. The van der Waals surface area contributed by atoms with E-state index in [1.165, 1.54) is 32.4 Å². The number of amides is 1. The fourth-order valence-corrected chi connectivity index (χ4v) is 2.81. The van der Waals surface area contributed by atoms with Crippen LogP contribution < -0.4 is 19.7 Å². The smallest absolute Gasteiger partial charge is 0.311 e. The van der Waals surface area contributed by atoms with Crippen LogP contribution in [0.2, 0.25) is 0 Å². The monoisotopic (exact) mass is 392 g/mol. The maximum atomic E-state index is 13.8. The molecule has 2 aromatic rings. The zero-order chi connectivity index (χ0) is 20.8. The van der Waals surface area contributed by atoms with E-state index in [0.29, 0.717) is 17.8 Å². The van der Waals surface area contributed by atoms with Crippen LogP contribution in [0.3, 0.4) is 0 Å². The van der Waals surface area contributed by atoms with Gasteiger partial charge in [0.25, 0.3) is 5.91 Å². The van der Waals surface area contributed by atoms with E-state index in [-0.39, 0.29) is 29.6 Å². The highest BCUT2D eigenvalue weighted by Gasteiger charge is 2.19. The van der Waals surface area contributed by atoms with Crippen LogP contribution >= 0.6 is 0 Å². The maximum absolute atomic E-state index is 13.8. The van der Waals surface area contributed by atoms with Crippen molar-refractivity contribution < 1.29 is 28.5 Å². The highest BCUT2D eigenvalue weighted by atomic mass is 19.1. The zero-order valence-corrected chi connectivity index (χ0v) is 16.2. The van der Waals surface area contributed by atoms with Crippen molar-refractivity contribution in [3.8, 4) is 11.5 Å². The molecule has 0 radical (unpaired) electrons. The first kappa shape index (κ1) is 21.1. The van der Waals surface area contributed by atoms with Gasteiger partial charge in [-0.05, 0) is 30.7 Å². The lowest BCUT2D eigenvalue weighted by Gasteiger charge is -2.15. The Bertz CT molecular complexity index is 888. The van der Waals surface area contributed by atoms with Crippen molar-refractivity contribution in [2.75, 3.05) is 33.1 Å². The lowest BCUT2D eigenvalue weighted by Crippen LogP contribution is -3.08. The molecule has 2 N–H and O–H groups in total. The summed E-state index contributed by atoms with van der Waals surface area (Å²) in [5.41, 5.74) is 1.56. The van der Waals surface area contributed by atoms with Crippen LogP contribution in [0.25, 0.3) is 0 Å². The minimum atomic E-state index is -0.538. The van der Waals surface area contributed by atoms with Crippen LogP contribution in [0, 0.1) is 22.9 Å². The summed E-state index contributed by atoms with van der Waals surface area (Å²) in [4.78, 5) is 23.7. The predicted octanol–water partition coefficient (Wildman–Crippen LogP) is 1.71. The van der Waals surface area contributed by atoms with E-state index < -0.39 is 10.7 Å². The second-order valence-electron chi connectivity index (χ2n) is 6.42. The summed E-state index contributed by atoms with van der Waals surface area (Å²) in [5.74, 6) is -0.488. The minimum absolute atomic E-state index is 0.0697. The van der Waals surface area contributed by atoms with Crippen molar-refractivity contribution in [2.24, 2.45) is 0 Å². The number of nitro groups is 1. The van der Waals surface area contributed by atoms with Crippen molar-refractivity contribution in [1.29, 1.82) is 0 Å². The van der Waals surface area contributed by atoms with Gasteiger partial charge in [-0.15, -0.1) is 0 Å². The number of anilines is 1. The Morgan fingerprint density at radius 2 is 1.89 bits per heavy atom. The number of methoxy groups -OCH3 is 2. The third-order valence-electron chi connectivity index (χ3n) is 4.18. The Morgan fingerprint density at radius 3 is 2.46 bits per heavy atom. The number of nitrogens with one attached hydrogen (secondary N) is 2. The van der Waals surface area contributed by atoms with Crippen LogP contribution in [0.4, 0.5) is 15.8 Å². The van der Waals surface area contributed by atoms with Crippen molar-refractivity contribution in [1.82, 2.24) is 0 Å². The van der Waals surface area contributed by atoms with Gasteiger partial charge in [0.1, 0.15) is 6.54 Å². The van der Waals surface area contributed by atoms with E-state index in [1.807, 2.05) is 7.05 Å². The number of likely N-dealkylation sites (N-methyl/N-ethyl adjacent to an activating group) is 1. The minimum Gasteiger partial charge on any atom is -0.494 e. The number of quaternary nitrogens is 1. The Labute approximate surface area is 162 Å². The Balaban J connectivity index is 2.03. The van der Waals surface area contributed by atoms with Crippen LogP contribution in [-0.4, -0.2) is 38.6 Å². The molecule has 0 heterocycles. The van der Waals surface area contributed by atoms with E-state index >= 15 is 0 Å². The molecule has 9 heteroatoms. The van der Waals surface area contributed by atoms with Gasteiger partial charge in [-0.3, -0.25) is 14.9 Å². The quantitative estimate of drug-likeness (QED) is 0.527. The number of hydrogen-bond donors (Lipinski definition) is 2. The lowest BCUT2D eigenvalue weighted by molar-refractivity contribution is -0.885. The summed E-state index contributed by atoms with van der Waals surface area (Å²) < 4.78 is 23.7. The summed E-state index contributed by atoms with van der Waals surface area (Å²) >= 11 is 0. The Morgan fingerprint density at radius 1 is 1.21 bits per heavy atom. The standard InChI is InChI=1S/C19H22FN3O5/c1-12-7-16(23(25)26)18(28-4)9-15(12)21-19(24)11-22(2)10-13-5-6-17(27-3)14(20)8-13/h5-9H,10-11H2,1-4H3,(H,21,24)/p+1. The van der Waals surface area contributed by atoms with Gasteiger partial charge < -0.3 is 19.7 Å². The summed E-state index contributed by atoms with van der Waals surface area (Å²) in [7, 11) is 4.54. The predicted molar refractivity (Wildman–Crippen MR) is 101 cm³/mol. The van der Waals surface area contributed by atoms with Gasteiger partial charge in [-0.2, -0.15) is 0 Å². The fourth-order valence-electron chi connectivity index (χ4n) is 2.81. The summed E-state index contributed by atoms with van der Waals surface area (Å²) in [6, 6.07) is 7.45. The van der Waals surface area contributed by atoms with Crippen LogP contribution in [0.15, 0.2) is 30.3 Å². The number of aryl methyl sites for hydroxylation is 1. The van der Waals surface area contributed by atoms with E-state index in [9.17, 15) is 19.3 Å². The van der Waals surface area contributed by atoms with Crippen molar-refractivity contribution >= 4 is 17.3 Å². The molecule has 0 aliphatic rings. The molecular weight excluding hydrogens is 369 g/mol. The van der Waals surface area contributed by atoms with Gasteiger partial charge in [0.15, 0.2) is 23.9 Å². The second kappa shape index (κ2) is 9.14. The van der Waals surface area contributed by atoms with Crippen molar-refractivity contribution in [3.63, 3.8) is 0 Å². The molecule has 2 rings (SSSR count). The van der Waals surface area contributed by atoms with Gasteiger partial charge >= 0.3 is 5.69 Å². The third kappa shape index (κ3) is 5.17. The first-order chi connectivity index (χ1) is 13.2. The molecule has 1 atom stereocenters. The number of hydrogen-bond acceptors (Lipinski definition) is 5. The number of ether oxygens (including phenoxy) is 2. The molecule has 8 nitrogen and oxygen atoms in total. The summed E-state index contributed by atoms with van der Waals surface area (Å²) in [6.07, 6.45) is 0. The SMILES string of the molecule is COc1ccc(C[NH+](C)CC(=O)Nc2cc(OC)c([N+](=O)[O-])cc2C)cc1F. The first-order valence-corrected chi connectivity index (χ1v) is 8.51. The highest BCUT2D eigenvalue weighted by molar-refractivity contribution is 5.92. The van der Waals surface area contributed by atoms with Gasteiger partial charge in [-0.1, -0.05) is 0 Å². The number of rotatable bonds is 8. The molecule has 0 bridgehead atoms. The Kier molecular flexibility index (Phi) is 6.89. The molecule has 0 fully saturated rings. The summed E-state index contributed by atoms with van der Waals surface area (Å²) in [5, 5.41) is 13.8. The van der Waals surface area contributed by atoms with Crippen LogP contribution in [-0.2, 0) is 11.3 Å². The highest BCUT2D eigenvalue weighted by Crippen LogP contribution is 2.32. The largest absolute Gasteiger partial charge is 0.494 e. The van der Waals surface area contributed by atoms with Crippen LogP contribution in [0.1, 0.15) is 11.1 Å². The average Bonchev–Trinajstić information content (AvgIpc) is 2.62. The number of nitrogens with zero attached hydrogens (tertiary/aromatic N) is 1. The van der Waals surface area contributed by atoms with E-state index in [0.717, 1.165) is 10.5 Å². The van der Waals surface area contributed by atoms with Crippen molar-refractivity contribution in [2.45, 2.75) is 13.5 Å². The molecule has 1 amide bonds. The number of carbonyl (C=O) groups is 1. The lowest BCUT2D eigenvalue weighted by atomic mass is 10.1. The second-order valence-corrected chi connectivity index (χ2v) is 6.42. The number of benzene rings is 2. The van der Waals surface area contributed by atoms with E-state index in [2.05, 4.69) is 5.32 Å². The van der Waals surface area contributed by atoms with Gasteiger partial charge in [-0.25, -0.2) is 4.39 Å². The zero-order valence-electron chi connectivity index (χ0n) is 16.2. The average molecular weight is 392 g/mol. The fraction of sp³-hybridized carbons (Fsp3) is 0.316. The summed E-state index contributed by atoms with van der Waals surface area (Å²) in [6.45, 7) is 2.24. The first-order valence-electron chi connectivity index (χ1n) is 8.51. The van der Waals surface area contributed by atoms with E-state index in [4.69, 9.17) is 9.47 Å². The molecule has 0 aromatic heterocycles. The molecule has 0 aliphatic carbocycles. The molecule has 2 aromatic carbocycles. The molecule has 0 spiro atoms. The van der Waals surface area contributed by atoms with Crippen LogP contribution in [0.5, 0.6) is 11.5 Å². The molecule has 0 saturated heterocycles. The maximum Gasteiger partial charge on any atom is 0.311 e. The van der Waals surface area contributed by atoms with Crippen molar-refractivity contribution in [3.05, 3.63) is 57.4 Å². The van der Waals surface area contributed by atoms with Gasteiger partial charge in [0, 0.05) is 23.4 Å².